The molecule has 0 heterocycles. The molecule has 0 amide bonds. The number of aliphatic hydroxyl groups is 1. The largest absolute Gasteiger partial charge is 0.502 e. The molecule has 0 unspecified atom stereocenters. The summed E-state index contributed by atoms with van der Waals surface area (Å²) in [5, 5.41) is 8.95. The third-order valence-corrected chi connectivity index (χ3v) is 4.55. The van der Waals surface area contributed by atoms with Gasteiger partial charge < -0.3 is 9.84 Å². The minimum atomic E-state index is 0.0880. The minimum absolute atomic E-state index is 0.0880. The molecule has 0 spiro atoms. The van der Waals surface area contributed by atoms with E-state index in [0.717, 1.165) is 24.5 Å². The van der Waals surface area contributed by atoms with Crippen LogP contribution in [0.15, 0.2) is 0 Å². The zero-order valence-electron chi connectivity index (χ0n) is 16.3. The first kappa shape index (κ1) is 26.0. The number of hydrogen-bond donors (Lipinski definition) is 1. The molecular weight excluding hydrogens is 336 g/mol. The van der Waals surface area contributed by atoms with Crippen LogP contribution in [0.4, 0.5) is 0 Å². The molecule has 0 aliphatic heterocycles. The van der Waals surface area contributed by atoms with Crippen LogP contribution in [-0.2, 0) is 4.74 Å². The molecule has 0 aliphatic carbocycles. The molecule has 144 valence electrons. The standard InChI is InChI=1S/C17H34OS.C3H6OS/c1-3-5-6-7-8-9-10-11-12-13-14-15-16-18-17(19)4-2;1-2-3(4)5/h3-16H2,1-2H3;2H2,1H3,(H,4,5). The summed E-state index contributed by atoms with van der Waals surface area (Å²) in [7, 11) is 0. The average Bonchev–Trinajstić information content (AvgIpc) is 2.59. The van der Waals surface area contributed by atoms with Crippen LogP contribution in [-0.4, -0.2) is 21.8 Å². The summed E-state index contributed by atoms with van der Waals surface area (Å²) in [5.41, 5.74) is 0. The zero-order chi connectivity index (χ0) is 18.5. The van der Waals surface area contributed by atoms with E-state index in [-0.39, 0.29) is 5.05 Å². The van der Waals surface area contributed by atoms with Crippen LogP contribution in [0.25, 0.3) is 0 Å². The Morgan fingerprint density at radius 3 is 1.38 bits per heavy atom. The molecule has 0 aromatic carbocycles. The van der Waals surface area contributed by atoms with Gasteiger partial charge in [0, 0.05) is 12.8 Å². The molecule has 24 heavy (non-hydrogen) atoms. The molecule has 0 radical (unpaired) electrons. The van der Waals surface area contributed by atoms with Gasteiger partial charge in [0.15, 0.2) is 10.1 Å². The van der Waals surface area contributed by atoms with E-state index in [9.17, 15) is 0 Å². The highest BCUT2D eigenvalue weighted by molar-refractivity contribution is 7.80. The fourth-order valence-corrected chi connectivity index (χ4v) is 2.31. The van der Waals surface area contributed by atoms with Gasteiger partial charge in [0.1, 0.15) is 0 Å². The van der Waals surface area contributed by atoms with Crippen LogP contribution in [0.5, 0.6) is 0 Å². The lowest BCUT2D eigenvalue weighted by Crippen LogP contribution is -2.01. The topological polar surface area (TPSA) is 29.5 Å². The van der Waals surface area contributed by atoms with Crippen LogP contribution in [0.1, 0.15) is 111 Å². The molecule has 0 fully saturated rings. The highest BCUT2D eigenvalue weighted by Gasteiger charge is 1.95. The van der Waals surface area contributed by atoms with Gasteiger partial charge in [-0.25, -0.2) is 0 Å². The van der Waals surface area contributed by atoms with Crippen LogP contribution in [0.2, 0.25) is 0 Å². The first-order valence-corrected chi connectivity index (χ1v) is 10.8. The molecule has 0 aromatic heterocycles. The van der Waals surface area contributed by atoms with Crippen molar-refractivity contribution in [3.05, 3.63) is 0 Å². The van der Waals surface area contributed by atoms with Crippen LogP contribution >= 0.6 is 24.4 Å². The molecule has 0 aromatic rings. The van der Waals surface area contributed by atoms with E-state index in [0.29, 0.717) is 6.42 Å². The number of unbranched alkanes of at least 4 members (excludes halogenated alkanes) is 11. The van der Waals surface area contributed by atoms with Gasteiger partial charge in [0.05, 0.1) is 6.61 Å². The smallest absolute Gasteiger partial charge is 0.159 e. The Balaban J connectivity index is 0. The zero-order valence-corrected chi connectivity index (χ0v) is 17.9. The van der Waals surface area contributed by atoms with Gasteiger partial charge in [0.25, 0.3) is 0 Å². The maximum absolute atomic E-state index is 8.09. The van der Waals surface area contributed by atoms with E-state index in [1.807, 2.05) is 13.8 Å². The molecule has 0 aliphatic rings. The highest BCUT2D eigenvalue weighted by atomic mass is 32.1. The van der Waals surface area contributed by atoms with Crippen molar-refractivity contribution < 1.29 is 9.84 Å². The van der Waals surface area contributed by atoms with Gasteiger partial charge in [-0.05, 0) is 30.9 Å². The van der Waals surface area contributed by atoms with Crippen molar-refractivity contribution in [2.24, 2.45) is 0 Å². The highest BCUT2D eigenvalue weighted by Crippen LogP contribution is 2.11. The third-order valence-electron chi connectivity index (χ3n) is 3.85. The van der Waals surface area contributed by atoms with Crippen LogP contribution < -0.4 is 0 Å². The summed E-state index contributed by atoms with van der Waals surface area (Å²) in [4.78, 5) is 0. The molecule has 0 saturated heterocycles. The summed E-state index contributed by atoms with van der Waals surface area (Å²) in [6.45, 7) is 6.96. The number of ether oxygens (including phenoxy) is 1. The maximum atomic E-state index is 8.09. The first-order chi connectivity index (χ1) is 11.6. The summed E-state index contributed by atoms with van der Waals surface area (Å²) in [6, 6.07) is 0. The molecule has 0 atom stereocenters. The van der Waals surface area contributed by atoms with Gasteiger partial charge in [0.2, 0.25) is 0 Å². The molecule has 0 saturated carbocycles. The Morgan fingerprint density at radius 1 is 0.667 bits per heavy atom. The summed E-state index contributed by atoms with van der Waals surface area (Å²) >= 11 is 9.27. The number of hydrogen-bond acceptors (Lipinski definition) is 3. The first-order valence-electron chi connectivity index (χ1n) is 9.95. The lowest BCUT2D eigenvalue weighted by atomic mass is 10.1. The Kier molecular flexibility index (Phi) is 24.7. The second-order valence-electron chi connectivity index (χ2n) is 6.21. The van der Waals surface area contributed by atoms with Gasteiger partial charge in [-0.3, -0.25) is 0 Å². The fourth-order valence-electron chi connectivity index (χ4n) is 2.23. The number of thiocarbonyl (C=S) groups is 2. The van der Waals surface area contributed by atoms with Crippen LogP contribution in [0, 0.1) is 0 Å². The lowest BCUT2D eigenvalue weighted by molar-refractivity contribution is 0.293. The third kappa shape index (κ3) is 26.7. The van der Waals surface area contributed by atoms with Gasteiger partial charge >= 0.3 is 0 Å². The Labute approximate surface area is 161 Å². The number of aliphatic hydroxyl groups excluding tert-OH is 1. The van der Waals surface area contributed by atoms with E-state index in [1.54, 1.807) is 0 Å². The molecule has 2 nitrogen and oxygen atoms in total. The maximum Gasteiger partial charge on any atom is 0.159 e. The summed E-state index contributed by atoms with van der Waals surface area (Å²) in [6.07, 6.45) is 18.1. The van der Waals surface area contributed by atoms with Crippen molar-refractivity contribution in [1.29, 1.82) is 0 Å². The summed E-state index contributed by atoms with van der Waals surface area (Å²) < 4.78 is 5.41. The second-order valence-corrected chi connectivity index (χ2v) is 7.14. The predicted octanol–water partition coefficient (Wildman–Crippen LogP) is 7.72. The van der Waals surface area contributed by atoms with E-state index >= 15 is 0 Å². The quantitative estimate of drug-likeness (QED) is 0.234. The summed E-state index contributed by atoms with van der Waals surface area (Å²) in [5.74, 6) is 0. The Bertz CT molecular complexity index is 281. The molecule has 0 rings (SSSR count). The van der Waals surface area contributed by atoms with Crippen molar-refractivity contribution in [1.82, 2.24) is 0 Å². The van der Waals surface area contributed by atoms with Crippen LogP contribution in [0.3, 0.4) is 0 Å². The van der Waals surface area contributed by atoms with Crippen molar-refractivity contribution in [3.8, 4) is 0 Å². The normalized spacial score (nSPS) is 9.96. The van der Waals surface area contributed by atoms with E-state index in [4.69, 9.17) is 22.1 Å². The molecule has 4 heteroatoms. The fraction of sp³-hybridized carbons (Fsp3) is 0.900. The van der Waals surface area contributed by atoms with E-state index < -0.39 is 0 Å². The molecule has 0 bridgehead atoms. The number of rotatable bonds is 15. The minimum Gasteiger partial charge on any atom is -0.502 e. The lowest BCUT2D eigenvalue weighted by Gasteiger charge is -2.05. The molecule has 1 N–H and O–H groups in total. The van der Waals surface area contributed by atoms with Crippen molar-refractivity contribution in [2.75, 3.05) is 6.61 Å². The molecular formula is C20H40O2S2. The van der Waals surface area contributed by atoms with Crippen molar-refractivity contribution in [2.45, 2.75) is 111 Å². The Morgan fingerprint density at radius 2 is 1.04 bits per heavy atom. The average molecular weight is 377 g/mol. The SMILES string of the molecule is CCC(O)=S.CCCCCCCCCCCCCCOC(=S)CC. The van der Waals surface area contributed by atoms with Gasteiger partial charge in [-0.15, -0.1) is 0 Å². The van der Waals surface area contributed by atoms with Crippen molar-refractivity contribution >= 4 is 34.5 Å². The van der Waals surface area contributed by atoms with E-state index in [1.165, 1.54) is 70.6 Å². The second kappa shape index (κ2) is 22.8. The van der Waals surface area contributed by atoms with Gasteiger partial charge in [-0.2, -0.15) is 0 Å². The van der Waals surface area contributed by atoms with Gasteiger partial charge in [-0.1, -0.05) is 91.4 Å². The van der Waals surface area contributed by atoms with E-state index in [2.05, 4.69) is 19.1 Å². The monoisotopic (exact) mass is 376 g/mol. The van der Waals surface area contributed by atoms with Crippen molar-refractivity contribution in [3.63, 3.8) is 0 Å². The predicted molar refractivity (Wildman–Crippen MR) is 115 cm³/mol. The Hall–Kier alpha value is -0.220.